The van der Waals surface area contributed by atoms with Crippen molar-refractivity contribution in [2.75, 3.05) is 0 Å². The molecule has 0 bridgehead atoms. The summed E-state index contributed by atoms with van der Waals surface area (Å²) in [5.74, 6) is -3.56. The van der Waals surface area contributed by atoms with Gasteiger partial charge in [-0.05, 0) is 31.9 Å². The monoisotopic (exact) mass is 230 g/mol. The summed E-state index contributed by atoms with van der Waals surface area (Å²) < 4.78 is 45.6. The van der Waals surface area contributed by atoms with Crippen molar-refractivity contribution < 1.29 is 17.9 Å². The molecule has 1 fully saturated rings. The van der Waals surface area contributed by atoms with Crippen LogP contribution in [0, 0.1) is 5.82 Å². The minimum absolute atomic E-state index is 0.128. The van der Waals surface area contributed by atoms with Crippen LogP contribution in [0.4, 0.5) is 13.2 Å². The average Bonchev–Trinajstić information content (AvgIpc) is 2.66. The molecule has 1 saturated heterocycles. The molecule has 1 nitrogen and oxygen atoms in total. The Kier molecular flexibility index (Phi) is 2.93. The van der Waals surface area contributed by atoms with Crippen molar-refractivity contribution >= 4 is 0 Å². The van der Waals surface area contributed by atoms with Gasteiger partial charge in [-0.25, -0.2) is 4.39 Å². The maximum atomic E-state index is 13.9. The van der Waals surface area contributed by atoms with Crippen LogP contribution in [-0.4, -0.2) is 12.2 Å². The topological polar surface area (TPSA) is 9.23 Å². The molecule has 88 valence electrons. The van der Waals surface area contributed by atoms with Crippen LogP contribution in [0.15, 0.2) is 24.3 Å². The van der Waals surface area contributed by atoms with E-state index in [1.807, 2.05) is 0 Å². The van der Waals surface area contributed by atoms with Crippen LogP contribution in [0.3, 0.4) is 0 Å². The number of alkyl halides is 2. The largest absolute Gasteiger partial charge is 0.369 e. The van der Waals surface area contributed by atoms with Gasteiger partial charge in [0.25, 0.3) is 5.92 Å². The first-order valence-corrected chi connectivity index (χ1v) is 5.29. The Morgan fingerprint density at radius 1 is 1.19 bits per heavy atom. The maximum Gasteiger partial charge on any atom is 0.298 e. The van der Waals surface area contributed by atoms with Gasteiger partial charge in [-0.1, -0.05) is 12.1 Å². The Morgan fingerprint density at radius 3 is 2.31 bits per heavy atom. The van der Waals surface area contributed by atoms with Crippen LogP contribution < -0.4 is 0 Å². The van der Waals surface area contributed by atoms with Gasteiger partial charge >= 0.3 is 0 Å². The van der Waals surface area contributed by atoms with E-state index in [9.17, 15) is 13.2 Å². The summed E-state index contributed by atoms with van der Waals surface area (Å²) in [5.41, 5.74) is -0.187. The van der Waals surface area contributed by atoms with Crippen LogP contribution in [0.25, 0.3) is 0 Å². The fraction of sp³-hybridized carbons (Fsp3) is 0.500. The van der Waals surface area contributed by atoms with E-state index in [1.165, 1.54) is 0 Å². The quantitative estimate of drug-likeness (QED) is 0.755. The molecule has 16 heavy (non-hydrogen) atoms. The minimum Gasteiger partial charge on any atom is -0.369 e. The zero-order valence-corrected chi connectivity index (χ0v) is 8.92. The van der Waals surface area contributed by atoms with Gasteiger partial charge in [-0.15, -0.1) is 0 Å². The van der Waals surface area contributed by atoms with Crippen molar-refractivity contribution in [1.29, 1.82) is 0 Å². The van der Waals surface area contributed by atoms with Crippen LogP contribution in [0.5, 0.6) is 0 Å². The summed E-state index contributed by atoms with van der Waals surface area (Å²) in [5, 5.41) is 0. The SMILES string of the molecule is CC1CCC(C(F)(F)c2ccc(F)cc2)O1. The Labute approximate surface area is 92.2 Å². The molecule has 1 heterocycles. The molecular weight excluding hydrogens is 217 g/mol. The van der Waals surface area contributed by atoms with E-state index in [0.717, 1.165) is 24.3 Å². The number of ether oxygens (including phenoxy) is 1. The fourth-order valence-corrected chi connectivity index (χ4v) is 1.93. The van der Waals surface area contributed by atoms with Crippen molar-refractivity contribution in [1.82, 2.24) is 0 Å². The summed E-state index contributed by atoms with van der Waals surface area (Å²) in [7, 11) is 0. The first-order chi connectivity index (χ1) is 7.50. The van der Waals surface area contributed by atoms with Gasteiger partial charge in [-0.3, -0.25) is 0 Å². The van der Waals surface area contributed by atoms with Gasteiger partial charge in [0.2, 0.25) is 0 Å². The van der Waals surface area contributed by atoms with Gasteiger partial charge in [0.05, 0.1) is 6.10 Å². The average molecular weight is 230 g/mol. The van der Waals surface area contributed by atoms with E-state index >= 15 is 0 Å². The zero-order chi connectivity index (χ0) is 11.8. The molecule has 4 heteroatoms. The Bertz CT molecular complexity index is 361. The molecule has 1 aromatic carbocycles. The van der Waals surface area contributed by atoms with Gasteiger partial charge in [-0.2, -0.15) is 8.78 Å². The smallest absolute Gasteiger partial charge is 0.298 e. The standard InChI is InChI=1S/C12H13F3O/c1-8-2-7-11(16-8)12(14,15)9-3-5-10(13)6-4-9/h3-6,8,11H,2,7H2,1H3. The molecule has 2 rings (SSSR count). The number of rotatable bonds is 2. The molecule has 0 amide bonds. The Hall–Kier alpha value is -1.03. The van der Waals surface area contributed by atoms with Gasteiger partial charge in [0.15, 0.2) is 0 Å². The molecular formula is C12H13F3O. The first-order valence-electron chi connectivity index (χ1n) is 5.29. The van der Waals surface area contributed by atoms with Crippen molar-refractivity contribution in [2.45, 2.75) is 37.9 Å². The lowest BCUT2D eigenvalue weighted by atomic mass is 10.0. The third-order valence-corrected chi connectivity index (χ3v) is 2.87. The van der Waals surface area contributed by atoms with Crippen LogP contribution in [-0.2, 0) is 10.7 Å². The highest BCUT2D eigenvalue weighted by atomic mass is 19.3. The summed E-state index contributed by atoms with van der Waals surface area (Å²) in [6.45, 7) is 1.78. The third-order valence-electron chi connectivity index (χ3n) is 2.87. The van der Waals surface area contributed by atoms with E-state index in [1.54, 1.807) is 6.92 Å². The second kappa shape index (κ2) is 4.09. The van der Waals surface area contributed by atoms with Crippen molar-refractivity contribution in [3.8, 4) is 0 Å². The molecule has 0 spiro atoms. The third kappa shape index (κ3) is 2.07. The fourth-order valence-electron chi connectivity index (χ4n) is 1.93. The highest BCUT2D eigenvalue weighted by Gasteiger charge is 2.45. The molecule has 1 aliphatic rings. The molecule has 0 N–H and O–H groups in total. The number of hydrogen-bond donors (Lipinski definition) is 0. The lowest BCUT2D eigenvalue weighted by Crippen LogP contribution is -2.31. The molecule has 0 aromatic heterocycles. The Morgan fingerprint density at radius 2 is 1.81 bits per heavy atom. The molecule has 0 aliphatic carbocycles. The highest BCUT2D eigenvalue weighted by Crippen LogP contribution is 2.39. The highest BCUT2D eigenvalue weighted by molar-refractivity contribution is 5.22. The summed E-state index contributed by atoms with van der Waals surface area (Å²) in [6, 6.07) is 4.31. The number of hydrogen-bond acceptors (Lipinski definition) is 1. The molecule has 1 aliphatic heterocycles. The van der Waals surface area contributed by atoms with Crippen molar-refractivity contribution in [3.63, 3.8) is 0 Å². The van der Waals surface area contributed by atoms with E-state index in [4.69, 9.17) is 4.74 Å². The maximum absolute atomic E-state index is 13.9. The van der Waals surface area contributed by atoms with Crippen molar-refractivity contribution in [2.24, 2.45) is 0 Å². The number of halogens is 3. The second-order valence-electron chi connectivity index (χ2n) is 4.14. The van der Waals surface area contributed by atoms with E-state index in [0.29, 0.717) is 12.8 Å². The van der Waals surface area contributed by atoms with Crippen LogP contribution in [0.2, 0.25) is 0 Å². The van der Waals surface area contributed by atoms with E-state index in [2.05, 4.69) is 0 Å². The summed E-state index contributed by atoms with van der Waals surface area (Å²) in [6.07, 6.45) is -0.239. The summed E-state index contributed by atoms with van der Waals surface area (Å²) >= 11 is 0. The molecule has 1 aromatic rings. The predicted molar refractivity (Wildman–Crippen MR) is 53.9 cm³/mol. The van der Waals surface area contributed by atoms with Crippen LogP contribution >= 0.6 is 0 Å². The molecule has 2 atom stereocenters. The van der Waals surface area contributed by atoms with Gasteiger partial charge in [0, 0.05) is 5.56 Å². The molecule has 0 radical (unpaired) electrons. The van der Waals surface area contributed by atoms with Gasteiger partial charge < -0.3 is 4.74 Å². The summed E-state index contributed by atoms with van der Waals surface area (Å²) in [4.78, 5) is 0. The van der Waals surface area contributed by atoms with Crippen LogP contribution in [0.1, 0.15) is 25.3 Å². The number of benzene rings is 1. The predicted octanol–water partition coefficient (Wildman–Crippen LogP) is 3.49. The molecule has 2 unspecified atom stereocenters. The van der Waals surface area contributed by atoms with Gasteiger partial charge in [0.1, 0.15) is 11.9 Å². The Balaban J connectivity index is 2.21. The normalized spacial score (nSPS) is 26.0. The van der Waals surface area contributed by atoms with E-state index < -0.39 is 17.8 Å². The van der Waals surface area contributed by atoms with Crippen molar-refractivity contribution in [3.05, 3.63) is 35.6 Å². The molecule has 0 saturated carbocycles. The second-order valence-corrected chi connectivity index (χ2v) is 4.14. The lowest BCUT2D eigenvalue weighted by molar-refractivity contribution is -0.135. The minimum atomic E-state index is -3.04. The first kappa shape index (κ1) is 11.5. The lowest BCUT2D eigenvalue weighted by Gasteiger charge is -2.23. The zero-order valence-electron chi connectivity index (χ0n) is 8.92. The van der Waals surface area contributed by atoms with E-state index in [-0.39, 0.29) is 11.7 Å².